The Morgan fingerprint density at radius 2 is 0.575 bits per heavy atom. The highest BCUT2D eigenvalue weighted by molar-refractivity contribution is 5.76. The zero-order chi connectivity index (χ0) is 52.7. The minimum absolute atomic E-state index is 0.0766. The van der Waals surface area contributed by atoms with Crippen molar-refractivity contribution in [1.29, 1.82) is 0 Å². The van der Waals surface area contributed by atoms with Crippen molar-refractivity contribution in [2.24, 2.45) is 0 Å². The number of aliphatic hydroxyl groups is 2. The molecule has 0 aliphatic heterocycles. The van der Waals surface area contributed by atoms with Gasteiger partial charge in [0.25, 0.3) is 0 Å². The number of unbranched alkanes of at least 4 members (excludes halogenated alkanes) is 43. The number of nitrogens with one attached hydrogen (secondary N) is 1. The number of carbonyl (C=O) groups excluding carboxylic acids is 1. The van der Waals surface area contributed by atoms with Crippen LogP contribution in [0.2, 0.25) is 0 Å². The summed E-state index contributed by atoms with van der Waals surface area (Å²) in [5.74, 6) is -0.0766. The van der Waals surface area contributed by atoms with E-state index in [0.29, 0.717) is 6.42 Å². The van der Waals surface area contributed by atoms with Gasteiger partial charge in [0.15, 0.2) is 0 Å². The Bertz CT molecular complexity index is 1250. The fourth-order valence-corrected chi connectivity index (χ4v) is 9.93. The summed E-state index contributed by atoms with van der Waals surface area (Å²) >= 11 is 0. The molecule has 0 saturated heterocycles. The first-order chi connectivity index (χ1) is 36.2. The first kappa shape index (κ1) is 70.8. The molecule has 1 amide bonds. The van der Waals surface area contributed by atoms with Gasteiger partial charge in [0.2, 0.25) is 5.91 Å². The molecule has 0 aliphatic rings. The maximum Gasteiger partial charge on any atom is 0.220 e. The number of allylic oxidation sites excluding steroid dienone is 11. The van der Waals surface area contributed by atoms with Crippen LogP contribution < -0.4 is 5.32 Å². The van der Waals surface area contributed by atoms with Crippen LogP contribution in [0.15, 0.2) is 72.9 Å². The molecule has 0 heterocycles. The second-order valence-corrected chi connectivity index (χ2v) is 22.2. The van der Waals surface area contributed by atoms with Crippen LogP contribution in [0.25, 0.3) is 0 Å². The van der Waals surface area contributed by atoms with E-state index in [4.69, 9.17) is 0 Å². The molecule has 0 aromatic carbocycles. The van der Waals surface area contributed by atoms with Gasteiger partial charge >= 0.3 is 0 Å². The second-order valence-electron chi connectivity index (χ2n) is 22.2. The van der Waals surface area contributed by atoms with E-state index in [9.17, 15) is 15.0 Å². The number of hydrogen-bond donors (Lipinski definition) is 3. The van der Waals surface area contributed by atoms with Crippen molar-refractivity contribution in [3.63, 3.8) is 0 Å². The Labute approximate surface area is 457 Å². The molecule has 0 rings (SSSR count). The summed E-state index contributed by atoms with van der Waals surface area (Å²) in [4.78, 5) is 12.5. The van der Waals surface area contributed by atoms with Gasteiger partial charge in [-0.2, -0.15) is 0 Å². The monoisotopic (exact) mass is 1020 g/mol. The van der Waals surface area contributed by atoms with Crippen LogP contribution in [-0.2, 0) is 4.79 Å². The predicted molar refractivity (Wildman–Crippen MR) is 327 cm³/mol. The van der Waals surface area contributed by atoms with Gasteiger partial charge in [-0.25, -0.2) is 0 Å². The van der Waals surface area contributed by atoms with Crippen LogP contribution in [-0.4, -0.2) is 34.9 Å². The van der Waals surface area contributed by atoms with E-state index < -0.39 is 12.1 Å². The molecule has 2 unspecified atom stereocenters. The van der Waals surface area contributed by atoms with Crippen molar-refractivity contribution in [2.45, 2.75) is 353 Å². The maximum absolute atomic E-state index is 12.5. The molecule has 0 fully saturated rings. The maximum atomic E-state index is 12.5. The van der Waals surface area contributed by atoms with Gasteiger partial charge in [-0.3, -0.25) is 4.79 Å². The number of hydrogen-bond acceptors (Lipinski definition) is 3. The third-order valence-electron chi connectivity index (χ3n) is 14.9. The van der Waals surface area contributed by atoms with Crippen LogP contribution >= 0.6 is 0 Å². The molecule has 0 saturated carbocycles. The van der Waals surface area contributed by atoms with Crippen LogP contribution in [0.3, 0.4) is 0 Å². The van der Waals surface area contributed by atoms with E-state index in [0.717, 1.165) is 51.4 Å². The first-order valence-electron chi connectivity index (χ1n) is 32.7. The summed E-state index contributed by atoms with van der Waals surface area (Å²) in [5.41, 5.74) is 0. The van der Waals surface area contributed by atoms with E-state index in [1.807, 2.05) is 6.08 Å². The Hall–Kier alpha value is -2.17. The standard InChI is InChI=1S/C69H127NO3/c1-3-5-7-9-11-13-15-17-19-21-23-25-27-29-31-33-34-35-37-38-40-42-44-46-48-50-52-54-56-58-60-62-64-68(72)67(66-71)70-69(73)65-63-61-59-57-55-53-51-49-47-45-43-41-39-36-32-30-28-26-24-22-20-18-16-14-12-10-8-6-4-2/h16,18,22,24,28,30,46,48,54,56,62,64,67-68,71-72H,3-15,17,19-21,23,25-27,29,31-45,47,49-53,55,57-61,63,65-66H2,1-2H3,(H,70,73)/b18-16-,24-22-,30-28-,48-46+,56-54+,64-62+. The lowest BCUT2D eigenvalue weighted by Crippen LogP contribution is -2.45. The van der Waals surface area contributed by atoms with Crippen molar-refractivity contribution in [3.05, 3.63) is 72.9 Å². The SMILES string of the molecule is CCCCCCC/C=C\C/C=C\C/C=C\CCCCCCCCCCCCCCCCC(=O)NC(CO)C(O)/C=C/CC/C=C/CC/C=C/CCCCCCCCCCCCCCCCCCCCCCCC. The molecule has 426 valence electrons. The molecule has 0 aromatic rings. The van der Waals surface area contributed by atoms with Crippen LogP contribution in [0.4, 0.5) is 0 Å². The largest absolute Gasteiger partial charge is 0.394 e. The Morgan fingerprint density at radius 3 is 0.890 bits per heavy atom. The molecular weight excluding hydrogens is 891 g/mol. The van der Waals surface area contributed by atoms with E-state index in [-0.39, 0.29) is 12.5 Å². The van der Waals surface area contributed by atoms with Crippen molar-refractivity contribution >= 4 is 5.91 Å². The highest BCUT2D eigenvalue weighted by atomic mass is 16.3. The van der Waals surface area contributed by atoms with Gasteiger partial charge in [-0.15, -0.1) is 0 Å². The quantitative estimate of drug-likeness (QED) is 0.0420. The Kier molecular flexibility index (Phi) is 62.2. The molecule has 0 spiro atoms. The summed E-state index contributed by atoms with van der Waals surface area (Å²) < 4.78 is 0. The predicted octanol–water partition coefficient (Wildman–Crippen LogP) is 22.1. The van der Waals surface area contributed by atoms with Crippen LogP contribution in [0.5, 0.6) is 0 Å². The summed E-state index contributed by atoms with van der Waals surface area (Å²) in [7, 11) is 0. The molecular formula is C69H127NO3. The first-order valence-corrected chi connectivity index (χ1v) is 32.7. The van der Waals surface area contributed by atoms with Gasteiger partial charge in [-0.1, -0.05) is 324 Å². The zero-order valence-corrected chi connectivity index (χ0v) is 49.2. The minimum Gasteiger partial charge on any atom is -0.394 e. The topological polar surface area (TPSA) is 69.6 Å². The number of aliphatic hydroxyl groups excluding tert-OH is 2. The Morgan fingerprint density at radius 1 is 0.329 bits per heavy atom. The third kappa shape index (κ3) is 60.6. The molecule has 4 nitrogen and oxygen atoms in total. The fraction of sp³-hybridized carbons (Fsp3) is 0.812. The molecule has 0 bridgehead atoms. The summed E-state index contributed by atoms with van der Waals surface area (Å²) in [6.45, 7) is 4.31. The Balaban J connectivity index is 3.53. The third-order valence-corrected chi connectivity index (χ3v) is 14.9. The summed E-state index contributed by atoms with van der Waals surface area (Å²) in [5, 5.41) is 23.2. The van der Waals surface area contributed by atoms with Gasteiger partial charge < -0.3 is 15.5 Å². The zero-order valence-electron chi connectivity index (χ0n) is 49.2. The van der Waals surface area contributed by atoms with E-state index >= 15 is 0 Å². The van der Waals surface area contributed by atoms with Gasteiger partial charge in [-0.05, 0) is 83.5 Å². The van der Waals surface area contributed by atoms with Crippen LogP contribution in [0.1, 0.15) is 341 Å². The molecule has 0 aliphatic carbocycles. The van der Waals surface area contributed by atoms with E-state index in [2.05, 4.69) is 79.9 Å². The lowest BCUT2D eigenvalue weighted by molar-refractivity contribution is -0.123. The van der Waals surface area contributed by atoms with Crippen molar-refractivity contribution in [1.82, 2.24) is 5.32 Å². The molecule has 0 aromatic heterocycles. The van der Waals surface area contributed by atoms with Crippen LogP contribution in [0, 0.1) is 0 Å². The molecule has 4 heteroatoms. The van der Waals surface area contributed by atoms with Gasteiger partial charge in [0, 0.05) is 6.42 Å². The average Bonchev–Trinajstić information content (AvgIpc) is 3.40. The van der Waals surface area contributed by atoms with Crippen molar-refractivity contribution in [2.75, 3.05) is 6.61 Å². The molecule has 73 heavy (non-hydrogen) atoms. The lowest BCUT2D eigenvalue weighted by Gasteiger charge is -2.19. The number of amides is 1. The molecule has 3 N–H and O–H groups in total. The molecule has 2 atom stereocenters. The number of carbonyl (C=O) groups is 1. The number of rotatable bonds is 60. The van der Waals surface area contributed by atoms with Crippen molar-refractivity contribution in [3.8, 4) is 0 Å². The normalized spacial score (nSPS) is 13.2. The molecule has 0 radical (unpaired) electrons. The second kappa shape index (κ2) is 64.1. The summed E-state index contributed by atoms with van der Waals surface area (Å²) in [6, 6.07) is -0.651. The van der Waals surface area contributed by atoms with Gasteiger partial charge in [0.05, 0.1) is 18.8 Å². The lowest BCUT2D eigenvalue weighted by atomic mass is 10.0. The fourth-order valence-electron chi connectivity index (χ4n) is 9.93. The highest BCUT2D eigenvalue weighted by Gasteiger charge is 2.18. The van der Waals surface area contributed by atoms with E-state index in [1.165, 1.54) is 270 Å². The van der Waals surface area contributed by atoms with Crippen molar-refractivity contribution < 1.29 is 15.0 Å². The smallest absolute Gasteiger partial charge is 0.220 e. The van der Waals surface area contributed by atoms with E-state index in [1.54, 1.807) is 6.08 Å². The average molecular weight is 1020 g/mol. The minimum atomic E-state index is -0.875. The van der Waals surface area contributed by atoms with Gasteiger partial charge in [0.1, 0.15) is 0 Å². The summed E-state index contributed by atoms with van der Waals surface area (Å²) in [6.07, 6.45) is 92.5. The highest BCUT2D eigenvalue weighted by Crippen LogP contribution is 2.17.